The lowest BCUT2D eigenvalue weighted by molar-refractivity contribution is 0.277. The molecule has 0 bridgehead atoms. The maximum Gasteiger partial charge on any atom is 0.0702 e. The Hall–Kier alpha value is 0.270. The van der Waals surface area contributed by atoms with E-state index in [4.69, 9.17) is 0 Å². The average Bonchev–Trinajstić information content (AvgIpc) is 2.58. The summed E-state index contributed by atoms with van der Waals surface area (Å²) in [7, 11) is 0. The van der Waals surface area contributed by atoms with Crippen molar-refractivity contribution in [3.8, 4) is 0 Å². The third-order valence-corrected chi connectivity index (χ3v) is 3.44. The van der Waals surface area contributed by atoms with E-state index >= 15 is 0 Å². The first-order valence-corrected chi connectivity index (χ1v) is 5.56. The molecule has 1 heterocycles. The predicted molar refractivity (Wildman–Crippen MR) is 49.1 cm³/mol. The van der Waals surface area contributed by atoms with Crippen molar-refractivity contribution in [2.75, 3.05) is 5.88 Å². The van der Waals surface area contributed by atoms with E-state index in [0.717, 1.165) is 11.8 Å². The van der Waals surface area contributed by atoms with E-state index < -0.39 is 0 Å². The van der Waals surface area contributed by atoms with Gasteiger partial charge in [0, 0.05) is 0 Å². The molecule has 0 radical (unpaired) electrons. The van der Waals surface area contributed by atoms with Gasteiger partial charge in [-0.25, -0.2) is 4.72 Å². The van der Waals surface area contributed by atoms with Gasteiger partial charge in [-0.05, 0) is 18.8 Å². The molecule has 0 aromatic rings. The first kappa shape index (κ1) is 7.90. The number of rotatable bonds is 1. The largest absolute Gasteiger partial charge is 0.291 e. The Bertz CT molecular complexity index is 117. The maximum absolute atomic E-state index is 3.48. The van der Waals surface area contributed by atoms with E-state index in [2.05, 4.69) is 10.0 Å². The number of hydrogen-bond acceptors (Lipinski definition) is 3. The summed E-state index contributed by atoms with van der Waals surface area (Å²) >= 11 is 1.81. The molecule has 1 aliphatic heterocycles. The highest BCUT2D eigenvalue weighted by molar-refractivity contribution is 7.97. The maximum atomic E-state index is 3.48. The van der Waals surface area contributed by atoms with Gasteiger partial charge in [-0.2, -0.15) is 0 Å². The molecule has 0 amide bonds. The average molecular weight is 172 g/mol. The Morgan fingerprint density at radius 3 is 2.55 bits per heavy atom. The van der Waals surface area contributed by atoms with Crippen molar-refractivity contribution in [3.63, 3.8) is 0 Å². The lowest BCUT2D eigenvalue weighted by Gasteiger charge is -2.26. The fraction of sp³-hybridized carbons (Fsp3) is 1.00. The van der Waals surface area contributed by atoms with Crippen LogP contribution in [0.2, 0.25) is 0 Å². The van der Waals surface area contributed by atoms with E-state index in [1.54, 1.807) is 0 Å². The van der Waals surface area contributed by atoms with Crippen molar-refractivity contribution in [1.82, 2.24) is 10.0 Å². The van der Waals surface area contributed by atoms with Crippen LogP contribution in [-0.2, 0) is 0 Å². The number of hydrogen-bond donors (Lipinski definition) is 2. The van der Waals surface area contributed by atoms with Crippen molar-refractivity contribution in [2.24, 2.45) is 5.92 Å². The standard InChI is InChI=1S/C8H16N2S/c1-2-4-7(5-3-1)8-9-6-11-10-8/h7-10H,1-6H2. The van der Waals surface area contributed by atoms with Crippen LogP contribution in [0.4, 0.5) is 0 Å². The molecule has 3 heteroatoms. The quantitative estimate of drug-likeness (QED) is 0.589. The molecule has 1 aliphatic carbocycles. The van der Waals surface area contributed by atoms with Crippen LogP contribution in [0.3, 0.4) is 0 Å². The minimum atomic E-state index is 0.611. The van der Waals surface area contributed by atoms with Crippen molar-refractivity contribution in [1.29, 1.82) is 0 Å². The summed E-state index contributed by atoms with van der Waals surface area (Å²) in [6, 6.07) is 0. The zero-order chi connectivity index (χ0) is 7.52. The Balaban J connectivity index is 1.82. The summed E-state index contributed by atoms with van der Waals surface area (Å²) in [6.07, 6.45) is 7.79. The summed E-state index contributed by atoms with van der Waals surface area (Å²) in [4.78, 5) is 0. The molecule has 2 aliphatic rings. The molecule has 11 heavy (non-hydrogen) atoms. The molecule has 1 saturated carbocycles. The monoisotopic (exact) mass is 172 g/mol. The first-order valence-electron chi connectivity index (χ1n) is 4.57. The van der Waals surface area contributed by atoms with E-state index in [1.165, 1.54) is 32.1 Å². The van der Waals surface area contributed by atoms with Gasteiger partial charge in [-0.15, -0.1) is 0 Å². The molecule has 0 spiro atoms. The Kier molecular flexibility index (Phi) is 2.72. The van der Waals surface area contributed by atoms with Gasteiger partial charge in [0.2, 0.25) is 0 Å². The minimum absolute atomic E-state index is 0.611. The predicted octanol–water partition coefficient (Wildman–Crippen LogP) is 1.69. The zero-order valence-electron chi connectivity index (χ0n) is 6.81. The Labute approximate surface area is 72.6 Å². The van der Waals surface area contributed by atoms with Crippen LogP contribution in [0.15, 0.2) is 0 Å². The molecule has 64 valence electrons. The molecule has 2 fully saturated rings. The second-order valence-electron chi connectivity index (χ2n) is 3.49. The van der Waals surface area contributed by atoms with Gasteiger partial charge in [0.25, 0.3) is 0 Å². The highest BCUT2D eigenvalue weighted by atomic mass is 32.2. The summed E-state index contributed by atoms with van der Waals surface area (Å²) in [6.45, 7) is 0. The summed E-state index contributed by atoms with van der Waals surface area (Å²) in [5, 5.41) is 3.48. The van der Waals surface area contributed by atoms with Crippen LogP contribution in [0.25, 0.3) is 0 Å². The fourth-order valence-corrected chi connectivity index (χ4v) is 2.84. The second kappa shape index (κ2) is 3.78. The molecular weight excluding hydrogens is 156 g/mol. The lowest BCUT2D eigenvalue weighted by Crippen LogP contribution is -2.38. The van der Waals surface area contributed by atoms with E-state index in [9.17, 15) is 0 Å². The van der Waals surface area contributed by atoms with Crippen LogP contribution in [0.5, 0.6) is 0 Å². The van der Waals surface area contributed by atoms with Crippen LogP contribution in [0.1, 0.15) is 32.1 Å². The normalized spacial score (nSPS) is 34.4. The Morgan fingerprint density at radius 1 is 1.09 bits per heavy atom. The van der Waals surface area contributed by atoms with Crippen LogP contribution in [0, 0.1) is 5.92 Å². The molecule has 2 nitrogen and oxygen atoms in total. The van der Waals surface area contributed by atoms with Crippen LogP contribution >= 0.6 is 11.9 Å². The zero-order valence-corrected chi connectivity index (χ0v) is 7.62. The third-order valence-electron chi connectivity index (χ3n) is 2.71. The molecule has 1 unspecified atom stereocenters. The molecule has 0 aromatic heterocycles. The Morgan fingerprint density at radius 2 is 1.91 bits per heavy atom. The van der Waals surface area contributed by atoms with Crippen molar-refractivity contribution >= 4 is 11.9 Å². The van der Waals surface area contributed by atoms with E-state index in [0.29, 0.717) is 6.17 Å². The van der Waals surface area contributed by atoms with Gasteiger partial charge in [0.05, 0.1) is 12.0 Å². The van der Waals surface area contributed by atoms with Crippen LogP contribution in [-0.4, -0.2) is 12.0 Å². The van der Waals surface area contributed by atoms with Crippen molar-refractivity contribution < 1.29 is 0 Å². The smallest absolute Gasteiger partial charge is 0.0702 e. The van der Waals surface area contributed by atoms with Gasteiger partial charge < -0.3 is 0 Å². The fourth-order valence-electron chi connectivity index (χ4n) is 2.03. The molecule has 2 N–H and O–H groups in total. The first-order chi connectivity index (χ1) is 5.47. The topological polar surface area (TPSA) is 24.1 Å². The van der Waals surface area contributed by atoms with Gasteiger partial charge in [-0.3, -0.25) is 5.32 Å². The van der Waals surface area contributed by atoms with Gasteiger partial charge in [0.1, 0.15) is 0 Å². The SMILES string of the molecule is C1CCC(C2NCSN2)CC1. The second-order valence-corrected chi connectivity index (χ2v) is 4.30. The van der Waals surface area contributed by atoms with Crippen molar-refractivity contribution in [2.45, 2.75) is 38.3 Å². The molecule has 1 atom stereocenters. The van der Waals surface area contributed by atoms with Gasteiger partial charge in [0.15, 0.2) is 0 Å². The molecule has 1 saturated heterocycles. The van der Waals surface area contributed by atoms with Gasteiger partial charge in [-0.1, -0.05) is 31.2 Å². The highest BCUT2D eigenvalue weighted by Crippen LogP contribution is 2.27. The molecule has 2 rings (SSSR count). The van der Waals surface area contributed by atoms with Gasteiger partial charge >= 0.3 is 0 Å². The van der Waals surface area contributed by atoms with E-state index in [1.807, 2.05) is 11.9 Å². The van der Waals surface area contributed by atoms with E-state index in [-0.39, 0.29) is 0 Å². The highest BCUT2D eigenvalue weighted by Gasteiger charge is 2.25. The molecule has 0 aromatic carbocycles. The summed E-state index contributed by atoms with van der Waals surface area (Å²) < 4.78 is 3.43. The third kappa shape index (κ3) is 1.89. The van der Waals surface area contributed by atoms with Crippen molar-refractivity contribution in [3.05, 3.63) is 0 Å². The lowest BCUT2D eigenvalue weighted by atomic mass is 9.87. The molecular formula is C8H16N2S. The summed E-state index contributed by atoms with van der Waals surface area (Å²) in [5.74, 6) is 1.99. The summed E-state index contributed by atoms with van der Waals surface area (Å²) in [5.41, 5.74) is 0. The minimum Gasteiger partial charge on any atom is -0.291 e. The number of nitrogens with one attached hydrogen (secondary N) is 2. The van der Waals surface area contributed by atoms with Crippen LogP contribution < -0.4 is 10.0 Å².